The number of amides is 1. The summed E-state index contributed by atoms with van der Waals surface area (Å²) in [5, 5.41) is 12.0. The van der Waals surface area contributed by atoms with Crippen molar-refractivity contribution in [1.82, 2.24) is 0 Å². The number of ether oxygens (including phenoxy) is 1. The molecule has 0 radical (unpaired) electrons. The van der Waals surface area contributed by atoms with Crippen LogP contribution in [-0.2, 0) is 4.79 Å². The minimum Gasteiger partial charge on any atom is -0.484 e. The average Bonchev–Trinajstić information content (AvgIpc) is 2.48. The van der Waals surface area contributed by atoms with Gasteiger partial charge in [0.25, 0.3) is 5.91 Å². The van der Waals surface area contributed by atoms with Crippen molar-refractivity contribution >= 4 is 11.6 Å². The highest BCUT2D eigenvalue weighted by atomic mass is 19.1. The summed E-state index contributed by atoms with van der Waals surface area (Å²) < 4.78 is 18.1. The fraction of sp³-hybridized carbons (Fsp3) is 0.188. The number of nitrogens with one attached hydrogen (secondary N) is 1. The summed E-state index contributed by atoms with van der Waals surface area (Å²) in [4.78, 5) is 11.7. The molecule has 0 spiro atoms. The Morgan fingerprint density at radius 3 is 2.38 bits per heavy atom. The second-order valence-corrected chi connectivity index (χ2v) is 4.59. The van der Waals surface area contributed by atoms with Crippen molar-refractivity contribution in [2.75, 3.05) is 11.9 Å². The second-order valence-electron chi connectivity index (χ2n) is 4.59. The highest BCUT2D eigenvalue weighted by Gasteiger charge is 2.05. The molecule has 0 fully saturated rings. The molecule has 0 aliphatic carbocycles. The molecule has 4 nitrogen and oxygen atoms in total. The molecule has 2 rings (SSSR count). The van der Waals surface area contributed by atoms with Gasteiger partial charge in [0, 0.05) is 5.69 Å². The van der Waals surface area contributed by atoms with Crippen LogP contribution in [0.5, 0.6) is 5.75 Å². The molecule has 21 heavy (non-hydrogen) atoms. The molecule has 1 atom stereocenters. The summed E-state index contributed by atoms with van der Waals surface area (Å²) in [6.07, 6.45) is -0.541. The van der Waals surface area contributed by atoms with E-state index in [1.54, 1.807) is 31.2 Å². The van der Waals surface area contributed by atoms with Crippen LogP contribution in [0.2, 0.25) is 0 Å². The van der Waals surface area contributed by atoms with Gasteiger partial charge in [-0.3, -0.25) is 4.79 Å². The minimum atomic E-state index is -0.541. The van der Waals surface area contributed by atoms with Crippen molar-refractivity contribution in [3.8, 4) is 5.75 Å². The molecule has 0 saturated heterocycles. The van der Waals surface area contributed by atoms with E-state index in [0.717, 1.165) is 5.56 Å². The van der Waals surface area contributed by atoms with E-state index in [2.05, 4.69) is 5.32 Å². The molecule has 0 aliphatic heterocycles. The highest BCUT2D eigenvalue weighted by Crippen LogP contribution is 2.17. The van der Waals surface area contributed by atoms with Crippen LogP contribution in [0.3, 0.4) is 0 Å². The Kier molecular flexibility index (Phi) is 4.90. The van der Waals surface area contributed by atoms with Crippen LogP contribution in [0.15, 0.2) is 48.5 Å². The number of rotatable bonds is 5. The predicted molar refractivity (Wildman–Crippen MR) is 77.6 cm³/mol. The second kappa shape index (κ2) is 6.85. The molecule has 110 valence electrons. The lowest BCUT2D eigenvalue weighted by Crippen LogP contribution is -2.20. The number of aliphatic hydroxyl groups is 1. The summed E-state index contributed by atoms with van der Waals surface area (Å²) in [5.41, 5.74) is 1.28. The van der Waals surface area contributed by atoms with Crippen molar-refractivity contribution < 1.29 is 19.0 Å². The minimum absolute atomic E-state index is 0.147. The van der Waals surface area contributed by atoms with Gasteiger partial charge in [-0.2, -0.15) is 0 Å². The Hall–Kier alpha value is -2.40. The smallest absolute Gasteiger partial charge is 0.262 e. The van der Waals surface area contributed by atoms with Crippen molar-refractivity contribution in [1.29, 1.82) is 0 Å². The Labute approximate surface area is 122 Å². The number of aliphatic hydroxyl groups excluding tert-OH is 1. The fourth-order valence-corrected chi connectivity index (χ4v) is 1.72. The van der Waals surface area contributed by atoms with Crippen LogP contribution in [-0.4, -0.2) is 17.6 Å². The first-order chi connectivity index (χ1) is 10.0. The largest absolute Gasteiger partial charge is 0.484 e. The molecule has 2 aromatic rings. The lowest BCUT2D eigenvalue weighted by molar-refractivity contribution is -0.118. The van der Waals surface area contributed by atoms with E-state index in [-0.39, 0.29) is 18.3 Å². The van der Waals surface area contributed by atoms with Crippen molar-refractivity contribution in [3.63, 3.8) is 0 Å². The van der Waals surface area contributed by atoms with E-state index in [4.69, 9.17) is 4.74 Å². The first-order valence-corrected chi connectivity index (χ1v) is 6.51. The van der Waals surface area contributed by atoms with Gasteiger partial charge in [0.1, 0.15) is 11.6 Å². The molecule has 2 N–H and O–H groups in total. The predicted octanol–water partition coefficient (Wildman–Crippen LogP) is 2.90. The molecular weight excluding hydrogens is 273 g/mol. The van der Waals surface area contributed by atoms with Crippen molar-refractivity contribution in [2.45, 2.75) is 13.0 Å². The van der Waals surface area contributed by atoms with E-state index < -0.39 is 6.10 Å². The molecule has 0 bridgehead atoms. The molecule has 0 aliphatic rings. The summed E-state index contributed by atoms with van der Waals surface area (Å²) >= 11 is 0. The molecule has 0 heterocycles. The Bertz CT molecular complexity index is 594. The zero-order valence-corrected chi connectivity index (χ0v) is 11.5. The standard InChI is InChI=1S/C16H16FNO3/c1-11(19)12-2-8-15(9-3-12)21-10-16(20)18-14-6-4-13(17)5-7-14/h2-9,11,19H,10H2,1H3,(H,18,20)/t11-/m0/s1. The number of carbonyl (C=O) groups excluding carboxylic acids is 1. The van der Waals surface area contributed by atoms with E-state index in [1.807, 2.05) is 0 Å². The third-order valence-electron chi connectivity index (χ3n) is 2.86. The number of anilines is 1. The van der Waals surface area contributed by atoms with E-state index in [0.29, 0.717) is 11.4 Å². The zero-order chi connectivity index (χ0) is 15.2. The zero-order valence-electron chi connectivity index (χ0n) is 11.5. The van der Waals surface area contributed by atoms with Gasteiger partial charge < -0.3 is 15.2 Å². The maximum atomic E-state index is 12.7. The monoisotopic (exact) mass is 289 g/mol. The topological polar surface area (TPSA) is 58.6 Å². The molecule has 0 unspecified atom stereocenters. The van der Waals surface area contributed by atoms with Crippen LogP contribution < -0.4 is 10.1 Å². The van der Waals surface area contributed by atoms with Gasteiger partial charge in [0.15, 0.2) is 6.61 Å². The van der Waals surface area contributed by atoms with Gasteiger partial charge in [0.05, 0.1) is 6.10 Å². The van der Waals surface area contributed by atoms with E-state index in [9.17, 15) is 14.3 Å². The molecule has 5 heteroatoms. The number of hydrogen-bond acceptors (Lipinski definition) is 3. The molecule has 0 saturated carbocycles. The summed E-state index contributed by atoms with van der Waals surface area (Å²) in [5.74, 6) is -0.155. The van der Waals surface area contributed by atoms with Crippen LogP contribution in [0.1, 0.15) is 18.6 Å². The van der Waals surface area contributed by atoms with Crippen molar-refractivity contribution in [3.05, 3.63) is 59.9 Å². The molecule has 1 amide bonds. The van der Waals surface area contributed by atoms with Gasteiger partial charge in [0.2, 0.25) is 0 Å². The molecular formula is C16H16FNO3. The number of halogens is 1. The third kappa shape index (κ3) is 4.57. The van der Waals surface area contributed by atoms with Gasteiger partial charge in [-0.15, -0.1) is 0 Å². The maximum Gasteiger partial charge on any atom is 0.262 e. The summed E-state index contributed by atoms with van der Waals surface area (Å²) in [6, 6.07) is 12.3. The van der Waals surface area contributed by atoms with E-state index in [1.165, 1.54) is 24.3 Å². The molecule has 0 aromatic heterocycles. The third-order valence-corrected chi connectivity index (χ3v) is 2.86. The van der Waals surface area contributed by atoms with Gasteiger partial charge in [-0.05, 0) is 48.9 Å². The van der Waals surface area contributed by atoms with Gasteiger partial charge >= 0.3 is 0 Å². The summed E-state index contributed by atoms with van der Waals surface area (Å²) in [6.45, 7) is 1.53. The Morgan fingerprint density at radius 1 is 1.19 bits per heavy atom. The SMILES string of the molecule is C[C@H](O)c1ccc(OCC(=O)Nc2ccc(F)cc2)cc1. The molecule has 2 aromatic carbocycles. The lowest BCUT2D eigenvalue weighted by Gasteiger charge is -2.09. The first kappa shape index (κ1) is 15.0. The van der Waals surface area contributed by atoms with Crippen molar-refractivity contribution in [2.24, 2.45) is 0 Å². The number of benzene rings is 2. The normalized spacial score (nSPS) is 11.8. The van der Waals surface area contributed by atoms with Crippen LogP contribution in [0.4, 0.5) is 10.1 Å². The summed E-state index contributed by atoms with van der Waals surface area (Å²) in [7, 11) is 0. The highest BCUT2D eigenvalue weighted by molar-refractivity contribution is 5.91. The quantitative estimate of drug-likeness (QED) is 0.889. The number of carbonyl (C=O) groups is 1. The Balaban J connectivity index is 1.84. The van der Waals surface area contributed by atoms with Crippen LogP contribution in [0, 0.1) is 5.82 Å². The van der Waals surface area contributed by atoms with Crippen LogP contribution >= 0.6 is 0 Å². The Morgan fingerprint density at radius 2 is 1.81 bits per heavy atom. The maximum absolute atomic E-state index is 12.7. The first-order valence-electron chi connectivity index (χ1n) is 6.51. The number of hydrogen-bond donors (Lipinski definition) is 2. The fourth-order valence-electron chi connectivity index (χ4n) is 1.72. The lowest BCUT2D eigenvalue weighted by atomic mass is 10.1. The van der Waals surface area contributed by atoms with E-state index >= 15 is 0 Å². The van der Waals surface area contributed by atoms with Gasteiger partial charge in [-0.1, -0.05) is 12.1 Å². The average molecular weight is 289 g/mol. The van der Waals surface area contributed by atoms with Gasteiger partial charge in [-0.25, -0.2) is 4.39 Å². The van der Waals surface area contributed by atoms with Crippen LogP contribution in [0.25, 0.3) is 0 Å².